The fraction of sp³-hybridized carbons (Fsp3) is 0.333. The standard InChI is InChI=1S/C9H12N4/c1-13(6-5-10)9-4-2-3-8(7-11)12-9/h2-4H,5-6,10H2,1H3. The molecule has 0 saturated heterocycles. The van der Waals surface area contributed by atoms with Crippen molar-refractivity contribution in [2.75, 3.05) is 25.0 Å². The van der Waals surface area contributed by atoms with Gasteiger partial charge in [-0.05, 0) is 12.1 Å². The summed E-state index contributed by atoms with van der Waals surface area (Å²) in [6.45, 7) is 1.32. The van der Waals surface area contributed by atoms with E-state index in [0.717, 1.165) is 12.4 Å². The summed E-state index contributed by atoms with van der Waals surface area (Å²) < 4.78 is 0. The molecule has 0 saturated carbocycles. The summed E-state index contributed by atoms with van der Waals surface area (Å²) in [4.78, 5) is 6.04. The Morgan fingerprint density at radius 2 is 2.38 bits per heavy atom. The third kappa shape index (κ3) is 2.42. The smallest absolute Gasteiger partial charge is 0.142 e. The van der Waals surface area contributed by atoms with Crippen LogP contribution in [0.5, 0.6) is 0 Å². The number of pyridine rings is 1. The molecule has 0 radical (unpaired) electrons. The third-order valence-corrected chi connectivity index (χ3v) is 1.70. The van der Waals surface area contributed by atoms with Crippen molar-refractivity contribution in [2.24, 2.45) is 5.73 Å². The predicted octanol–water partition coefficient (Wildman–Crippen LogP) is 0.348. The van der Waals surface area contributed by atoms with Crippen LogP contribution in [-0.4, -0.2) is 25.1 Å². The Bertz CT molecular complexity index is 316. The number of anilines is 1. The van der Waals surface area contributed by atoms with Crippen molar-refractivity contribution in [3.8, 4) is 6.07 Å². The highest BCUT2D eigenvalue weighted by atomic mass is 15.2. The molecule has 68 valence electrons. The van der Waals surface area contributed by atoms with Crippen LogP contribution in [0, 0.1) is 11.3 Å². The Labute approximate surface area is 77.6 Å². The molecule has 0 bridgehead atoms. The van der Waals surface area contributed by atoms with Crippen molar-refractivity contribution in [1.82, 2.24) is 4.98 Å². The van der Waals surface area contributed by atoms with Gasteiger partial charge in [-0.15, -0.1) is 0 Å². The molecule has 0 fully saturated rings. The van der Waals surface area contributed by atoms with Gasteiger partial charge in [0, 0.05) is 20.1 Å². The number of hydrogen-bond acceptors (Lipinski definition) is 4. The monoisotopic (exact) mass is 176 g/mol. The lowest BCUT2D eigenvalue weighted by molar-refractivity contribution is 0.867. The lowest BCUT2D eigenvalue weighted by atomic mass is 10.3. The molecular weight excluding hydrogens is 164 g/mol. The molecule has 0 aromatic carbocycles. The highest BCUT2D eigenvalue weighted by Gasteiger charge is 2.01. The zero-order valence-electron chi connectivity index (χ0n) is 7.57. The number of hydrogen-bond donors (Lipinski definition) is 1. The van der Waals surface area contributed by atoms with Crippen LogP contribution < -0.4 is 10.6 Å². The molecule has 0 atom stereocenters. The molecule has 1 aromatic heterocycles. The zero-order chi connectivity index (χ0) is 9.68. The molecule has 0 aliphatic rings. The lowest BCUT2D eigenvalue weighted by Crippen LogP contribution is -2.25. The van der Waals surface area contributed by atoms with E-state index in [1.54, 1.807) is 6.07 Å². The first kappa shape index (κ1) is 9.49. The molecular formula is C9H12N4. The van der Waals surface area contributed by atoms with Crippen LogP contribution in [0.25, 0.3) is 0 Å². The van der Waals surface area contributed by atoms with E-state index in [-0.39, 0.29) is 0 Å². The van der Waals surface area contributed by atoms with Gasteiger partial charge in [0.05, 0.1) is 0 Å². The van der Waals surface area contributed by atoms with Crippen LogP contribution >= 0.6 is 0 Å². The maximum atomic E-state index is 8.62. The molecule has 0 unspecified atom stereocenters. The van der Waals surface area contributed by atoms with Gasteiger partial charge in [-0.1, -0.05) is 6.07 Å². The van der Waals surface area contributed by atoms with Gasteiger partial charge in [0.1, 0.15) is 17.6 Å². The second-order valence-corrected chi connectivity index (χ2v) is 2.70. The molecule has 4 heteroatoms. The van der Waals surface area contributed by atoms with Gasteiger partial charge in [0.25, 0.3) is 0 Å². The van der Waals surface area contributed by atoms with Gasteiger partial charge in [0.15, 0.2) is 0 Å². The molecule has 1 heterocycles. The summed E-state index contributed by atoms with van der Waals surface area (Å²) in [7, 11) is 1.90. The van der Waals surface area contributed by atoms with E-state index >= 15 is 0 Å². The molecule has 13 heavy (non-hydrogen) atoms. The minimum atomic E-state index is 0.432. The molecule has 4 nitrogen and oxygen atoms in total. The minimum Gasteiger partial charge on any atom is -0.358 e. The van der Waals surface area contributed by atoms with E-state index in [2.05, 4.69) is 4.98 Å². The number of rotatable bonds is 3. The van der Waals surface area contributed by atoms with Crippen LogP contribution in [0.2, 0.25) is 0 Å². The highest BCUT2D eigenvalue weighted by molar-refractivity contribution is 5.40. The molecule has 1 aromatic rings. The van der Waals surface area contributed by atoms with E-state index in [4.69, 9.17) is 11.0 Å². The van der Waals surface area contributed by atoms with Crippen molar-refractivity contribution in [2.45, 2.75) is 0 Å². The van der Waals surface area contributed by atoms with Gasteiger partial charge >= 0.3 is 0 Å². The number of nitrogens with zero attached hydrogens (tertiary/aromatic N) is 3. The summed E-state index contributed by atoms with van der Waals surface area (Å²) in [5.41, 5.74) is 5.83. The van der Waals surface area contributed by atoms with E-state index in [1.807, 2.05) is 30.1 Å². The van der Waals surface area contributed by atoms with Gasteiger partial charge in [-0.2, -0.15) is 5.26 Å². The summed E-state index contributed by atoms with van der Waals surface area (Å²) in [6, 6.07) is 7.35. The van der Waals surface area contributed by atoms with E-state index in [0.29, 0.717) is 12.2 Å². The maximum Gasteiger partial charge on any atom is 0.142 e. The first-order chi connectivity index (χ1) is 6.27. The van der Waals surface area contributed by atoms with E-state index in [9.17, 15) is 0 Å². The second-order valence-electron chi connectivity index (χ2n) is 2.70. The Balaban J connectivity index is 2.83. The first-order valence-corrected chi connectivity index (χ1v) is 4.06. The number of nitriles is 1. The van der Waals surface area contributed by atoms with Crippen LogP contribution in [0.4, 0.5) is 5.82 Å². The average Bonchev–Trinajstić information content (AvgIpc) is 2.18. The fourth-order valence-corrected chi connectivity index (χ4v) is 1.01. The van der Waals surface area contributed by atoms with Crippen molar-refractivity contribution in [1.29, 1.82) is 5.26 Å². The quantitative estimate of drug-likeness (QED) is 0.721. The van der Waals surface area contributed by atoms with E-state index in [1.165, 1.54) is 0 Å². The maximum absolute atomic E-state index is 8.62. The van der Waals surface area contributed by atoms with E-state index < -0.39 is 0 Å². The van der Waals surface area contributed by atoms with Gasteiger partial charge in [0.2, 0.25) is 0 Å². The van der Waals surface area contributed by atoms with Crippen LogP contribution in [0.15, 0.2) is 18.2 Å². The Kier molecular flexibility index (Phi) is 3.23. The summed E-state index contributed by atoms with van der Waals surface area (Å²) in [5.74, 6) is 0.782. The minimum absolute atomic E-state index is 0.432. The van der Waals surface area contributed by atoms with Crippen molar-refractivity contribution < 1.29 is 0 Å². The predicted molar refractivity (Wildman–Crippen MR) is 51.3 cm³/mol. The van der Waals surface area contributed by atoms with Gasteiger partial charge in [-0.3, -0.25) is 0 Å². The van der Waals surface area contributed by atoms with Crippen molar-refractivity contribution in [3.05, 3.63) is 23.9 Å². The average molecular weight is 176 g/mol. The SMILES string of the molecule is CN(CCN)c1cccc(C#N)n1. The Hall–Kier alpha value is -1.60. The lowest BCUT2D eigenvalue weighted by Gasteiger charge is -2.16. The number of aromatic nitrogens is 1. The largest absolute Gasteiger partial charge is 0.358 e. The van der Waals surface area contributed by atoms with Crippen LogP contribution in [-0.2, 0) is 0 Å². The van der Waals surface area contributed by atoms with Crippen molar-refractivity contribution in [3.63, 3.8) is 0 Å². The van der Waals surface area contributed by atoms with Gasteiger partial charge in [-0.25, -0.2) is 4.98 Å². The molecule has 1 rings (SSSR count). The second kappa shape index (κ2) is 4.43. The Morgan fingerprint density at radius 1 is 1.62 bits per heavy atom. The first-order valence-electron chi connectivity index (χ1n) is 4.06. The molecule has 0 aliphatic carbocycles. The third-order valence-electron chi connectivity index (χ3n) is 1.70. The van der Waals surface area contributed by atoms with Crippen LogP contribution in [0.1, 0.15) is 5.69 Å². The van der Waals surface area contributed by atoms with Gasteiger partial charge < -0.3 is 10.6 Å². The highest BCUT2D eigenvalue weighted by Crippen LogP contribution is 2.07. The summed E-state index contributed by atoms with van der Waals surface area (Å²) >= 11 is 0. The number of nitrogens with two attached hydrogens (primary N) is 1. The zero-order valence-corrected chi connectivity index (χ0v) is 7.57. The van der Waals surface area contributed by atoms with Crippen LogP contribution in [0.3, 0.4) is 0 Å². The summed E-state index contributed by atoms with van der Waals surface area (Å²) in [5, 5.41) is 8.62. The summed E-state index contributed by atoms with van der Waals surface area (Å²) in [6.07, 6.45) is 0. The van der Waals surface area contributed by atoms with Crippen molar-refractivity contribution >= 4 is 5.82 Å². The number of likely N-dealkylation sites (N-methyl/N-ethyl adjacent to an activating group) is 1. The molecule has 0 aliphatic heterocycles. The molecule has 0 spiro atoms. The fourth-order valence-electron chi connectivity index (χ4n) is 1.01. The normalized spacial score (nSPS) is 9.31. The molecule has 0 amide bonds. The molecule has 2 N–H and O–H groups in total. The topological polar surface area (TPSA) is 65.9 Å². The Morgan fingerprint density at radius 3 is 3.00 bits per heavy atom.